The molecule has 0 unspecified atom stereocenters. The maximum Gasteiger partial charge on any atom is 0.178 e. The SMILES string of the molecule is Cc1nc(-c2nc3ncccc3[nH]2)cs1. The Kier molecular flexibility index (Phi) is 1.78. The van der Waals surface area contributed by atoms with Crippen molar-refractivity contribution in [2.75, 3.05) is 0 Å². The van der Waals surface area contributed by atoms with Crippen LogP contribution in [0, 0.1) is 6.92 Å². The highest BCUT2D eigenvalue weighted by Gasteiger charge is 2.07. The maximum absolute atomic E-state index is 4.37. The third kappa shape index (κ3) is 1.41. The van der Waals surface area contributed by atoms with E-state index < -0.39 is 0 Å². The molecule has 0 aliphatic carbocycles. The zero-order chi connectivity index (χ0) is 10.3. The van der Waals surface area contributed by atoms with Gasteiger partial charge in [0.1, 0.15) is 5.69 Å². The molecule has 0 saturated carbocycles. The summed E-state index contributed by atoms with van der Waals surface area (Å²) in [4.78, 5) is 16.1. The number of hydrogen-bond acceptors (Lipinski definition) is 4. The van der Waals surface area contributed by atoms with E-state index in [1.807, 2.05) is 24.4 Å². The number of aryl methyl sites for hydroxylation is 1. The number of nitrogens with zero attached hydrogens (tertiary/aromatic N) is 3. The first-order valence-electron chi connectivity index (χ1n) is 4.56. The Morgan fingerprint density at radius 3 is 3.00 bits per heavy atom. The molecule has 3 aromatic rings. The van der Waals surface area contributed by atoms with Crippen molar-refractivity contribution in [3.05, 3.63) is 28.7 Å². The summed E-state index contributed by atoms with van der Waals surface area (Å²) in [7, 11) is 0. The normalized spacial score (nSPS) is 11.0. The van der Waals surface area contributed by atoms with E-state index >= 15 is 0 Å². The Bertz CT molecular complexity index is 577. The van der Waals surface area contributed by atoms with Crippen molar-refractivity contribution in [3.63, 3.8) is 0 Å². The second kappa shape index (κ2) is 3.13. The van der Waals surface area contributed by atoms with Gasteiger partial charge in [-0.1, -0.05) is 0 Å². The van der Waals surface area contributed by atoms with Crippen molar-refractivity contribution in [1.29, 1.82) is 0 Å². The van der Waals surface area contributed by atoms with E-state index in [9.17, 15) is 0 Å². The van der Waals surface area contributed by atoms with Crippen LogP contribution in [-0.2, 0) is 0 Å². The molecule has 0 radical (unpaired) electrons. The number of imidazole rings is 1. The summed E-state index contributed by atoms with van der Waals surface area (Å²) in [6.07, 6.45) is 1.74. The molecule has 0 aromatic carbocycles. The van der Waals surface area contributed by atoms with Gasteiger partial charge in [-0.25, -0.2) is 15.0 Å². The van der Waals surface area contributed by atoms with Gasteiger partial charge in [0, 0.05) is 11.6 Å². The van der Waals surface area contributed by atoms with E-state index in [0.29, 0.717) is 0 Å². The fourth-order valence-corrected chi connectivity index (χ4v) is 2.04. The highest BCUT2D eigenvalue weighted by molar-refractivity contribution is 7.09. The number of aromatic nitrogens is 4. The standard InChI is InChI=1S/C10H8N4S/c1-6-12-8(5-15-6)10-13-7-3-2-4-11-9(7)14-10/h2-5H,1H3,(H,11,13,14). The molecule has 3 aromatic heterocycles. The van der Waals surface area contributed by atoms with Gasteiger partial charge in [0.2, 0.25) is 0 Å². The molecule has 74 valence electrons. The Hall–Kier alpha value is -1.75. The summed E-state index contributed by atoms with van der Waals surface area (Å²) in [5, 5.41) is 3.03. The first-order valence-corrected chi connectivity index (χ1v) is 5.44. The highest BCUT2D eigenvalue weighted by atomic mass is 32.1. The molecule has 0 fully saturated rings. The first-order chi connectivity index (χ1) is 7.33. The monoisotopic (exact) mass is 216 g/mol. The predicted molar refractivity (Wildman–Crippen MR) is 59.7 cm³/mol. The quantitative estimate of drug-likeness (QED) is 0.679. The molecule has 3 heterocycles. The zero-order valence-electron chi connectivity index (χ0n) is 8.06. The molecule has 0 saturated heterocycles. The Morgan fingerprint density at radius 1 is 1.33 bits per heavy atom. The molecule has 0 aliphatic heterocycles. The number of H-pyrrole nitrogens is 1. The van der Waals surface area contributed by atoms with Gasteiger partial charge in [-0.2, -0.15) is 0 Å². The molecule has 0 spiro atoms. The molecule has 15 heavy (non-hydrogen) atoms. The fourth-order valence-electron chi connectivity index (χ4n) is 1.44. The molecule has 0 aliphatic rings. The lowest BCUT2D eigenvalue weighted by Crippen LogP contribution is -1.79. The molecule has 3 rings (SSSR count). The van der Waals surface area contributed by atoms with E-state index in [1.54, 1.807) is 17.5 Å². The number of thiazole rings is 1. The summed E-state index contributed by atoms with van der Waals surface area (Å²) < 4.78 is 0. The maximum atomic E-state index is 4.37. The van der Waals surface area contributed by atoms with E-state index in [1.165, 1.54) is 0 Å². The van der Waals surface area contributed by atoms with E-state index in [2.05, 4.69) is 19.9 Å². The predicted octanol–water partition coefficient (Wildman–Crippen LogP) is 2.39. The van der Waals surface area contributed by atoms with E-state index in [0.717, 1.165) is 27.7 Å². The lowest BCUT2D eigenvalue weighted by molar-refractivity contribution is 1.22. The molecular weight excluding hydrogens is 208 g/mol. The second-order valence-corrected chi connectivity index (χ2v) is 4.27. The smallest absolute Gasteiger partial charge is 0.178 e. The van der Waals surface area contributed by atoms with Crippen LogP contribution >= 0.6 is 11.3 Å². The van der Waals surface area contributed by atoms with Gasteiger partial charge in [0.25, 0.3) is 0 Å². The van der Waals surface area contributed by atoms with Gasteiger partial charge in [0.15, 0.2) is 11.5 Å². The largest absolute Gasteiger partial charge is 0.335 e. The minimum Gasteiger partial charge on any atom is -0.335 e. The lowest BCUT2D eigenvalue weighted by atomic mass is 10.4. The molecule has 0 bridgehead atoms. The summed E-state index contributed by atoms with van der Waals surface area (Å²) >= 11 is 1.62. The lowest BCUT2D eigenvalue weighted by Gasteiger charge is -1.85. The molecule has 0 atom stereocenters. The Balaban J connectivity index is 2.19. The van der Waals surface area contributed by atoms with Gasteiger partial charge in [-0.05, 0) is 19.1 Å². The van der Waals surface area contributed by atoms with Crippen LogP contribution in [0.25, 0.3) is 22.7 Å². The third-order valence-corrected chi connectivity index (χ3v) is 2.89. The number of hydrogen-bond donors (Lipinski definition) is 1. The number of aromatic amines is 1. The average molecular weight is 216 g/mol. The van der Waals surface area contributed by atoms with Crippen LogP contribution in [0.2, 0.25) is 0 Å². The summed E-state index contributed by atoms with van der Waals surface area (Å²) in [6, 6.07) is 3.84. The van der Waals surface area contributed by atoms with Crippen LogP contribution in [0.4, 0.5) is 0 Å². The molecule has 4 nitrogen and oxygen atoms in total. The number of fused-ring (bicyclic) bond motifs is 1. The number of pyridine rings is 1. The minimum atomic E-state index is 0.734. The highest BCUT2D eigenvalue weighted by Crippen LogP contribution is 2.20. The molecule has 0 amide bonds. The van der Waals surface area contributed by atoms with Gasteiger partial charge in [-0.3, -0.25) is 0 Å². The molecule has 5 heteroatoms. The van der Waals surface area contributed by atoms with Crippen molar-refractivity contribution in [2.45, 2.75) is 6.92 Å². The van der Waals surface area contributed by atoms with Crippen molar-refractivity contribution < 1.29 is 0 Å². The van der Waals surface area contributed by atoms with Crippen LogP contribution in [0.5, 0.6) is 0 Å². The number of rotatable bonds is 1. The summed E-state index contributed by atoms with van der Waals surface area (Å²) in [5.41, 5.74) is 2.56. The average Bonchev–Trinajstić information content (AvgIpc) is 2.82. The summed E-state index contributed by atoms with van der Waals surface area (Å²) in [5.74, 6) is 0.785. The fraction of sp³-hybridized carbons (Fsp3) is 0.100. The van der Waals surface area contributed by atoms with E-state index in [4.69, 9.17) is 0 Å². The van der Waals surface area contributed by atoms with Gasteiger partial charge >= 0.3 is 0 Å². The van der Waals surface area contributed by atoms with Crippen LogP contribution in [0.1, 0.15) is 5.01 Å². The summed E-state index contributed by atoms with van der Waals surface area (Å²) in [6.45, 7) is 1.98. The van der Waals surface area contributed by atoms with Crippen LogP contribution in [0.3, 0.4) is 0 Å². The first kappa shape index (κ1) is 8.55. The van der Waals surface area contributed by atoms with Crippen molar-refractivity contribution >= 4 is 22.5 Å². The molecular formula is C10H8N4S. The van der Waals surface area contributed by atoms with Crippen LogP contribution in [-0.4, -0.2) is 19.9 Å². The molecule has 1 N–H and O–H groups in total. The van der Waals surface area contributed by atoms with Crippen molar-refractivity contribution in [3.8, 4) is 11.5 Å². The van der Waals surface area contributed by atoms with Crippen LogP contribution < -0.4 is 0 Å². The topological polar surface area (TPSA) is 54.5 Å². The van der Waals surface area contributed by atoms with Gasteiger partial charge in [-0.15, -0.1) is 11.3 Å². The van der Waals surface area contributed by atoms with E-state index in [-0.39, 0.29) is 0 Å². The van der Waals surface area contributed by atoms with Crippen molar-refractivity contribution in [2.24, 2.45) is 0 Å². The van der Waals surface area contributed by atoms with Gasteiger partial charge in [0.05, 0.1) is 10.5 Å². The van der Waals surface area contributed by atoms with Crippen LogP contribution in [0.15, 0.2) is 23.7 Å². The minimum absolute atomic E-state index is 0.734. The Morgan fingerprint density at radius 2 is 2.27 bits per heavy atom. The Labute approximate surface area is 90.0 Å². The number of nitrogens with one attached hydrogen (secondary N) is 1. The van der Waals surface area contributed by atoms with Gasteiger partial charge < -0.3 is 4.98 Å². The van der Waals surface area contributed by atoms with Crippen molar-refractivity contribution in [1.82, 2.24) is 19.9 Å². The zero-order valence-corrected chi connectivity index (χ0v) is 8.88. The third-order valence-electron chi connectivity index (χ3n) is 2.12. The second-order valence-electron chi connectivity index (χ2n) is 3.21.